The molecule has 1 atom stereocenters. The summed E-state index contributed by atoms with van der Waals surface area (Å²) in [6, 6.07) is 3.95. The summed E-state index contributed by atoms with van der Waals surface area (Å²) >= 11 is 0. The molecule has 1 aliphatic heterocycles. The van der Waals surface area contributed by atoms with Gasteiger partial charge in [-0.15, -0.1) is 0 Å². The first-order valence-electron chi connectivity index (χ1n) is 7.43. The van der Waals surface area contributed by atoms with E-state index in [0.717, 1.165) is 32.4 Å². The highest BCUT2D eigenvalue weighted by molar-refractivity contribution is 5.25. The predicted molar refractivity (Wildman–Crippen MR) is 76.4 cm³/mol. The van der Waals surface area contributed by atoms with Crippen LogP contribution in [-0.4, -0.2) is 35.1 Å². The van der Waals surface area contributed by atoms with Gasteiger partial charge in [0, 0.05) is 30.9 Å². The number of likely N-dealkylation sites (tertiary alicyclic amines) is 1. The van der Waals surface area contributed by atoms with E-state index >= 15 is 0 Å². The van der Waals surface area contributed by atoms with Crippen LogP contribution in [0.2, 0.25) is 0 Å². The number of hydrogen-bond donors (Lipinski definition) is 1. The molecule has 1 fully saturated rings. The molecule has 0 unspecified atom stereocenters. The van der Waals surface area contributed by atoms with Crippen molar-refractivity contribution in [3.8, 4) is 0 Å². The van der Waals surface area contributed by atoms with Crippen molar-refractivity contribution in [1.82, 2.24) is 9.47 Å². The molecule has 0 bridgehead atoms. The largest absolute Gasteiger partial charge is 0.327 e. The fraction of sp³-hybridized carbons (Fsp3) is 0.667. The third-order valence-corrected chi connectivity index (χ3v) is 4.46. The average Bonchev–Trinajstić information content (AvgIpc) is 2.91. The van der Waals surface area contributed by atoms with Crippen LogP contribution < -0.4 is 11.3 Å². The van der Waals surface area contributed by atoms with Crippen LogP contribution in [0.25, 0.3) is 0 Å². The van der Waals surface area contributed by atoms with Crippen LogP contribution >= 0.6 is 0 Å². The molecule has 1 saturated heterocycles. The number of hydrogen-bond acceptors (Lipinski definition) is 3. The zero-order chi connectivity index (χ0) is 13.2. The average molecular weight is 261 g/mol. The molecule has 4 heteroatoms. The second-order valence-corrected chi connectivity index (χ2v) is 5.85. The van der Waals surface area contributed by atoms with Crippen molar-refractivity contribution in [1.29, 1.82) is 0 Å². The summed E-state index contributed by atoms with van der Waals surface area (Å²) in [7, 11) is 0. The normalized spacial score (nSPS) is 23.5. The van der Waals surface area contributed by atoms with Gasteiger partial charge in [0.25, 0.3) is 5.56 Å². The van der Waals surface area contributed by atoms with E-state index in [4.69, 9.17) is 5.73 Å². The van der Waals surface area contributed by atoms with E-state index in [0.29, 0.717) is 0 Å². The Morgan fingerprint density at radius 1 is 1.21 bits per heavy atom. The molecule has 0 amide bonds. The minimum absolute atomic E-state index is 0.147. The second kappa shape index (κ2) is 5.47. The summed E-state index contributed by atoms with van der Waals surface area (Å²) in [5.41, 5.74) is 8.67. The first-order valence-corrected chi connectivity index (χ1v) is 7.43. The maximum Gasteiger partial charge on any atom is 0.250 e. The van der Waals surface area contributed by atoms with Crippen LogP contribution in [0.3, 0.4) is 0 Å². The number of rotatable bonds is 3. The molecule has 1 aromatic heterocycles. The molecule has 1 aliphatic carbocycles. The molecule has 2 aliphatic rings. The quantitative estimate of drug-likeness (QED) is 0.874. The van der Waals surface area contributed by atoms with E-state index in [-0.39, 0.29) is 11.6 Å². The van der Waals surface area contributed by atoms with Crippen LogP contribution in [0.5, 0.6) is 0 Å². The highest BCUT2D eigenvalue weighted by atomic mass is 16.1. The minimum Gasteiger partial charge on any atom is -0.327 e. The number of pyridine rings is 1. The standard InChI is InChI=1S/C15H23N3O/c16-13-4-5-14-12(11-13)3-6-15(19)18(14)10-9-17-7-1-2-8-17/h3,6,13H,1-2,4-5,7-11,16H2/t13-/m0/s1. The lowest BCUT2D eigenvalue weighted by Gasteiger charge is -2.25. The fourth-order valence-corrected chi connectivity index (χ4v) is 3.35. The molecular weight excluding hydrogens is 238 g/mol. The summed E-state index contributed by atoms with van der Waals surface area (Å²) < 4.78 is 1.99. The molecule has 2 heterocycles. The summed E-state index contributed by atoms with van der Waals surface area (Å²) in [5.74, 6) is 0. The molecule has 0 spiro atoms. The van der Waals surface area contributed by atoms with Crippen LogP contribution in [0.4, 0.5) is 0 Å². The minimum atomic E-state index is 0.147. The van der Waals surface area contributed by atoms with Gasteiger partial charge in [0.1, 0.15) is 0 Å². The Bertz CT molecular complexity index is 503. The number of aromatic nitrogens is 1. The zero-order valence-corrected chi connectivity index (χ0v) is 11.5. The number of nitrogens with two attached hydrogens (primary N) is 1. The van der Waals surface area contributed by atoms with E-state index in [1.165, 1.54) is 37.2 Å². The SMILES string of the molecule is N[C@H]1CCc2c(ccc(=O)n2CCN2CCCC2)C1. The molecule has 104 valence electrons. The lowest BCUT2D eigenvalue weighted by molar-refractivity contribution is 0.317. The van der Waals surface area contributed by atoms with Crippen LogP contribution in [0, 0.1) is 0 Å². The van der Waals surface area contributed by atoms with Crippen molar-refractivity contribution in [2.75, 3.05) is 19.6 Å². The van der Waals surface area contributed by atoms with Gasteiger partial charge in [0.2, 0.25) is 0 Å². The Morgan fingerprint density at radius 2 is 2.00 bits per heavy atom. The molecule has 0 saturated carbocycles. The molecule has 19 heavy (non-hydrogen) atoms. The van der Waals surface area contributed by atoms with E-state index in [1.807, 2.05) is 10.6 Å². The van der Waals surface area contributed by atoms with Crippen molar-refractivity contribution >= 4 is 0 Å². The summed E-state index contributed by atoms with van der Waals surface area (Å²) in [5, 5.41) is 0. The van der Waals surface area contributed by atoms with Gasteiger partial charge in [-0.3, -0.25) is 4.79 Å². The van der Waals surface area contributed by atoms with Crippen LogP contribution in [0.1, 0.15) is 30.5 Å². The lowest BCUT2D eigenvalue weighted by atomic mass is 9.92. The van der Waals surface area contributed by atoms with Gasteiger partial charge < -0.3 is 15.2 Å². The van der Waals surface area contributed by atoms with Gasteiger partial charge in [-0.1, -0.05) is 6.07 Å². The smallest absolute Gasteiger partial charge is 0.250 e. The van der Waals surface area contributed by atoms with E-state index < -0.39 is 0 Å². The first-order chi connectivity index (χ1) is 9.24. The lowest BCUT2D eigenvalue weighted by Crippen LogP contribution is -2.35. The summed E-state index contributed by atoms with van der Waals surface area (Å²) in [4.78, 5) is 14.5. The van der Waals surface area contributed by atoms with Crippen LogP contribution in [0.15, 0.2) is 16.9 Å². The number of nitrogens with zero attached hydrogens (tertiary/aromatic N) is 2. The van der Waals surface area contributed by atoms with Gasteiger partial charge in [-0.05, 0) is 50.8 Å². The Balaban J connectivity index is 1.79. The molecule has 2 N–H and O–H groups in total. The third kappa shape index (κ3) is 2.74. The van der Waals surface area contributed by atoms with Gasteiger partial charge >= 0.3 is 0 Å². The fourth-order valence-electron chi connectivity index (χ4n) is 3.35. The molecular formula is C15H23N3O. The monoisotopic (exact) mass is 261 g/mol. The predicted octanol–water partition coefficient (Wildman–Crippen LogP) is 0.760. The van der Waals surface area contributed by atoms with E-state index in [1.54, 1.807) is 6.07 Å². The third-order valence-electron chi connectivity index (χ3n) is 4.46. The summed E-state index contributed by atoms with van der Waals surface area (Å²) in [6.07, 6.45) is 5.47. The molecule has 1 aromatic rings. The van der Waals surface area contributed by atoms with Crippen molar-refractivity contribution in [3.63, 3.8) is 0 Å². The van der Waals surface area contributed by atoms with Crippen molar-refractivity contribution in [2.45, 2.75) is 44.7 Å². The van der Waals surface area contributed by atoms with Gasteiger partial charge in [-0.2, -0.15) is 0 Å². The highest BCUT2D eigenvalue weighted by Crippen LogP contribution is 2.19. The first kappa shape index (κ1) is 12.9. The highest BCUT2D eigenvalue weighted by Gasteiger charge is 2.19. The van der Waals surface area contributed by atoms with E-state index in [2.05, 4.69) is 4.90 Å². The zero-order valence-electron chi connectivity index (χ0n) is 11.5. The topological polar surface area (TPSA) is 51.3 Å². The summed E-state index contributed by atoms with van der Waals surface area (Å²) in [6.45, 7) is 4.21. The Hall–Kier alpha value is -1.13. The molecule has 0 radical (unpaired) electrons. The van der Waals surface area contributed by atoms with Gasteiger partial charge in [-0.25, -0.2) is 0 Å². The molecule has 3 rings (SSSR count). The van der Waals surface area contributed by atoms with Crippen LogP contribution in [-0.2, 0) is 19.4 Å². The van der Waals surface area contributed by atoms with Crippen molar-refractivity contribution < 1.29 is 0 Å². The second-order valence-electron chi connectivity index (χ2n) is 5.85. The molecule has 4 nitrogen and oxygen atoms in total. The molecule has 0 aromatic carbocycles. The Kier molecular flexibility index (Phi) is 3.71. The Morgan fingerprint density at radius 3 is 2.79 bits per heavy atom. The maximum atomic E-state index is 12.1. The van der Waals surface area contributed by atoms with Crippen molar-refractivity contribution in [3.05, 3.63) is 33.7 Å². The van der Waals surface area contributed by atoms with Gasteiger partial charge in [0.15, 0.2) is 0 Å². The van der Waals surface area contributed by atoms with E-state index in [9.17, 15) is 4.79 Å². The Labute approximate surface area is 114 Å². The van der Waals surface area contributed by atoms with Crippen molar-refractivity contribution in [2.24, 2.45) is 5.73 Å². The maximum absolute atomic E-state index is 12.1. The van der Waals surface area contributed by atoms with Gasteiger partial charge in [0.05, 0.1) is 0 Å². The number of fused-ring (bicyclic) bond motifs is 1.